The van der Waals surface area contributed by atoms with Crippen LogP contribution in [0.3, 0.4) is 0 Å². The predicted octanol–water partition coefficient (Wildman–Crippen LogP) is 14.6. The average molecular weight is 921 g/mol. The summed E-state index contributed by atoms with van der Waals surface area (Å²) in [6, 6.07) is 71.7. The van der Waals surface area contributed by atoms with Crippen molar-refractivity contribution in [3.05, 3.63) is 263 Å². The topological polar surface area (TPSA) is 61.4 Å². The summed E-state index contributed by atoms with van der Waals surface area (Å²) in [5.74, 6) is 0. The lowest BCUT2D eigenvalue weighted by molar-refractivity contribution is 0.713. The molecule has 6 nitrogen and oxygen atoms in total. The molecule has 0 amide bonds. The lowest BCUT2D eigenvalue weighted by Gasteiger charge is -2.40. The van der Waals surface area contributed by atoms with Crippen molar-refractivity contribution in [1.29, 1.82) is 0 Å². The molecule has 0 unspecified atom stereocenters. The molecular weight excluding hydrogens is 885 g/mol. The maximum absolute atomic E-state index is 5.56. The fourth-order valence-electron chi connectivity index (χ4n) is 13.6. The van der Waals surface area contributed by atoms with Crippen LogP contribution in [0.15, 0.2) is 229 Å². The highest BCUT2D eigenvalue weighted by Crippen LogP contribution is 2.67. The lowest BCUT2D eigenvalue weighted by Crippen LogP contribution is -2.33. The van der Waals surface area contributed by atoms with Gasteiger partial charge in [0.1, 0.15) is 0 Å². The van der Waals surface area contributed by atoms with E-state index < -0.39 is 10.8 Å². The van der Waals surface area contributed by atoms with Crippen LogP contribution in [0.1, 0.15) is 44.5 Å². The Hall–Kier alpha value is -8.91. The van der Waals surface area contributed by atoms with Crippen LogP contribution in [0.2, 0.25) is 0 Å². The van der Waals surface area contributed by atoms with Crippen molar-refractivity contribution in [3.8, 4) is 45.3 Å². The number of nitrogens with zero attached hydrogens (tertiary/aromatic N) is 6. The summed E-state index contributed by atoms with van der Waals surface area (Å²) in [4.78, 5) is 23.6. The molecule has 0 fully saturated rings. The first-order valence-electron chi connectivity index (χ1n) is 24.2. The van der Waals surface area contributed by atoms with Gasteiger partial charge >= 0.3 is 0 Å². The van der Waals surface area contributed by atoms with Gasteiger partial charge in [0.05, 0.1) is 79.4 Å². The number of para-hydroxylation sites is 4. The Morgan fingerprint density at radius 2 is 0.746 bits per heavy atom. The molecule has 7 aromatic carbocycles. The number of benzene rings is 7. The van der Waals surface area contributed by atoms with Crippen molar-refractivity contribution in [2.75, 3.05) is 0 Å². The third kappa shape index (κ3) is 4.53. The zero-order chi connectivity index (χ0) is 46.2. The molecule has 4 aliphatic rings. The monoisotopic (exact) mass is 920 g/mol. The Morgan fingerprint density at radius 1 is 0.310 bits per heavy atom. The molecule has 328 valence electrons. The van der Waals surface area contributed by atoms with Crippen LogP contribution in [0.5, 0.6) is 0 Å². The summed E-state index contributed by atoms with van der Waals surface area (Å²) in [5, 5.41) is 4.86. The average Bonchev–Trinajstić information content (AvgIpc) is 4.20. The van der Waals surface area contributed by atoms with Gasteiger partial charge in [0.15, 0.2) is 0 Å². The molecule has 7 heterocycles. The molecule has 6 aromatic heterocycles. The molecule has 0 saturated carbocycles. The third-order valence-corrected chi connectivity index (χ3v) is 17.3. The molecule has 0 saturated heterocycles. The summed E-state index contributed by atoms with van der Waals surface area (Å²) in [5.41, 5.74) is 20.9. The minimum Gasteiger partial charge on any atom is -0.308 e. The summed E-state index contributed by atoms with van der Waals surface area (Å²) < 4.78 is 4.80. The fraction of sp³-hybridized carbons (Fsp3) is 0.0312. The number of rotatable bonds is 2. The van der Waals surface area contributed by atoms with Gasteiger partial charge in [0.25, 0.3) is 0 Å². The first kappa shape index (κ1) is 38.0. The first-order chi connectivity index (χ1) is 35.2. The Morgan fingerprint density at radius 3 is 1.30 bits per heavy atom. The quantitative estimate of drug-likeness (QED) is 0.173. The number of aromatic nitrogens is 6. The number of pyridine rings is 4. The van der Waals surface area contributed by atoms with Crippen LogP contribution in [0.4, 0.5) is 0 Å². The Bertz CT molecular complexity index is 4220. The Balaban J connectivity index is 1.01. The Kier molecular flexibility index (Phi) is 7.20. The van der Waals surface area contributed by atoms with Crippen LogP contribution in [0, 0.1) is 0 Å². The van der Waals surface area contributed by atoms with Crippen LogP contribution in [0.25, 0.3) is 88.9 Å². The standard InChI is InChI=1S/C64H36N6S/c1-6-20-45-39(15-1)44-33-50-58(34-49(44)63(45)47-22-13-29-65-59(47)60-48(63)23-14-30-66-60)71-57-28-12-7-21-46(57)64(50)51-31-37(69-53-24-8-2-16-40(53)41-17-3-9-25-54(41)69)35-67-61(51)62-52(64)32-38(36-68-62)70-55-26-10-4-18-42(55)43-19-5-11-27-56(43)70/h1-36H. The van der Waals surface area contributed by atoms with E-state index in [4.69, 9.17) is 19.9 Å². The van der Waals surface area contributed by atoms with Crippen LogP contribution < -0.4 is 0 Å². The molecule has 0 radical (unpaired) electrons. The van der Waals surface area contributed by atoms with Crippen LogP contribution >= 0.6 is 11.8 Å². The van der Waals surface area contributed by atoms with Gasteiger partial charge in [-0.2, -0.15) is 0 Å². The van der Waals surface area contributed by atoms with E-state index in [9.17, 15) is 0 Å². The minimum atomic E-state index is -0.820. The highest BCUT2D eigenvalue weighted by molar-refractivity contribution is 7.99. The van der Waals surface area contributed by atoms with Gasteiger partial charge < -0.3 is 9.13 Å². The molecule has 0 N–H and O–H groups in total. The van der Waals surface area contributed by atoms with E-state index in [0.717, 1.165) is 67.3 Å². The molecule has 71 heavy (non-hydrogen) atoms. The number of hydrogen-bond donors (Lipinski definition) is 0. The summed E-state index contributed by atoms with van der Waals surface area (Å²) in [7, 11) is 0. The van der Waals surface area contributed by atoms with Gasteiger partial charge in [-0.1, -0.05) is 139 Å². The second-order valence-electron chi connectivity index (χ2n) is 19.3. The van der Waals surface area contributed by atoms with Gasteiger partial charge in [-0.15, -0.1) is 0 Å². The van der Waals surface area contributed by atoms with E-state index in [1.807, 2.05) is 24.2 Å². The van der Waals surface area contributed by atoms with E-state index in [-0.39, 0.29) is 0 Å². The maximum atomic E-state index is 5.56. The highest BCUT2D eigenvalue weighted by atomic mass is 32.2. The van der Waals surface area contributed by atoms with Gasteiger partial charge in [-0.3, -0.25) is 19.9 Å². The molecule has 0 bridgehead atoms. The molecule has 3 aliphatic carbocycles. The molecule has 17 rings (SSSR count). The third-order valence-electron chi connectivity index (χ3n) is 16.2. The molecule has 1 aliphatic heterocycles. The highest BCUT2D eigenvalue weighted by Gasteiger charge is 2.56. The van der Waals surface area contributed by atoms with Crippen molar-refractivity contribution < 1.29 is 0 Å². The van der Waals surface area contributed by atoms with Gasteiger partial charge in [-0.25, -0.2) is 0 Å². The smallest absolute Gasteiger partial charge is 0.0939 e. The maximum Gasteiger partial charge on any atom is 0.0939 e. The molecule has 7 heteroatoms. The normalized spacial score (nSPS) is 14.6. The summed E-state index contributed by atoms with van der Waals surface area (Å²) >= 11 is 1.87. The van der Waals surface area contributed by atoms with Gasteiger partial charge in [-0.05, 0) is 111 Å². The van der Waals surface area contributed by atoms with Crippen molar-refractivity contribution >= 4 is 55.4 Å². The van der Waals surface area contributed by atoms with E-state index in [0.29, 0.717) is 0 Å². The lowest BCUT2D eigenvalue weighted by atomic mass is 9.66. The second-order valence-corrected chi connectivity index (χ2v) is 20.3. The van der Waals surface area contributed by atoms with E-state index in [1.165, 1.54) is 75.8 Å². The number of hydrogen-bond acceptors (Lipinski definition) is 5. The second kappa shape index (κ2) is 13.4. The first-order valence-corrected chi connectivity index (χ1v) is 25.0. The van der Waals surface area contributed by atoms with Crippen molar-refractivity contribution in [1.82, 2.24) is 29.1 Å². The Labute approximate surface area is 411 Å². The molecule has 0 atom stereocenters. The SMILES string of the molecule is c1ccc2c(c1)Sc1cc3c(cc1C21c2cc(-n4c5ccccc5c5ccccc54)cnc2-c2ncc(-n4c5ccccc5c5ccccc54)cc21)-c1ccccc1C31c2cccnc2-c2ncccc21. The summed E-state index contributed by atoms with van der Waals surface area (Å²) in [6.07, 6.45) is 7.93. The fourth-order valence-corrected chi connectivity index (χ4v) is 14.8. The molecule has 2 spiro atoms. The largest absolute Gasteiger partial charge is 0.308 e. The van der Waals surface area contributed by atoms with Crippen molar-refractivity contribution in [2.24, 2.45) is 0 Å². The van der Waals surface area contributed by atoms with Crippen molar-refractivity contribution in [2.45, 2.75) is 20.6 Å². The zero-order valence-corrected chi connectivity index (χ0v) is 38.7. The summed E-state index contributed by atoms with van der Waals surface area (Å²) in [6.45, 7) is 0. The molecule has 13 aromatic rings. The van der Waals surface area contributed by atoms with Crippen LogP contribution in [-0.2, 0) is 10.8 Å². The van der Waals surface area contributed by atoms with E-state index in [1.54, 1.807) is 0 Å². The van der Waals surface area contributed by atoms with Crippen molar-refractivity contribution in [3.63, 3.8) is 0 Å². The predicted molar refractivity (Wildman–Crippen MR) is 284 cm³/mol. The van der Waals surface area contributed by atoms with Crippen LogP contribution in [-0.4, -0.2) is 29.1 Å². The van der Waals surface area contributed by atoms with Gasteiger partial charge in [0.2, 0.25) is 0 Å². The minimum absolute atomic E-state index is 0.596. The number of fused-ring (bicyclic) bond motifs is 25. The van der Waals surface area contributed by atoms with E-state index in [2.05, 4.69) is 216 Å². The van der Waals surface area contributed by atoms with Gasteiger partial charge in [0, 0.05) is 54.9 Å². The molecular formula is C64H36N6S. The van der Waals surface area contributed by atoms with E-state index >= 15 is 0 Å². The zero-order valence-electron chi connectivity index (χ0n) is 37.9.